The summed E-state index contributed by atoms with van der Waals surface area (Å²) in [6.45, 7) is 1.35. The molecule has 0 bridgehead atoms. The summed E-state index contributed by atoms with van der Waals surface area (Å²) in [5.41, 5.74) is 0. The Morgan fingerprint density at radius 2 is 2.00 bits per heavy atom. The van der Waals surface area contributed by atoms with Gasteiger partial charge in [-0.3, -0.25) is 0 Å². The largest absolute Gasteiger partial charge is 0.223 e. The molecule has 1 rings (SSSR count). The van der Waals surface area contributed by atoms with Gasteiger partial charge in [-0.25, -0.2) is 17.2 Å². The van der Waals surface area contributed by atoms with Gasteiger partial charge in [-0.15, -0.1) is 0 Å². The van der Waals surface area contributed by atoms with E-state index in [1.54, 1.807) is 6.07 Å². The van der Waals surface area contributed by atoms with Crippen LogP contribution in [0.2, 0.25) is 0 Å². The van der Waals surface area contributed by atoms with Gasteiger partial charge in [-0.05, 0) is 25.1 Å². The van der Waals surface area contributed by atoms with Crippen molar-refractivity contribution in [3.05, 3.63) is 29.8 Å². The predicted molar refractivity (Wildman–Crippen MR) is 53.2 cm³/mol. The second-order valence-electron chi connectivity index (χ2n) is 3.29. The van der Waals surface area contributed by atoms with Gasteiger partial charge in [0.25, 0.3) is 0 Å². The first-order valence-corrected chi connectivity index (χ1v) is 6.00. The highest BCUT2D eigenvalue weighted by atomic mass is 32.2. The molecule has 3 nitrogen and oxygen atoms in total. The first kappa shape index (κ1) is 12.6. The molecule has 1 unspecified atom stereocenters. The van der Waals surface area contributed by atoms with Gasteiger partial charge in [0.2, 0.25) is 0 Å². The number of rotatable bonds is 3. The quantitative estimate of drug-likeness (QED) is 0.766. The van der Waals surface area contributed by atoms with E-state index in [0.717, 1.165) is 12.1 Å². The van der Waals surface area contributed by atoms with Gasteiger partial charge < -0.3 is 0 Å². The van der Waals surface area contributed by atoms with Crippen molar-refractivity contribution < 1.29 is 17.2 Å². The van der Waals surface area contributed by atoms with Gasteiger partial charge in [0.05, 0.1) is 22.6 Å². The van der Waals surface area contributed by atoms with Crippen molar-refractivity contribution >= 4 is 9.84 Å². The van der Waals surface area contributed by atoms with Crippen LogP contribution in [-0.2, 0) is 9.84 Å². The minimum Gasteiger partial charge on any atom is -0.223 e. The normalized spacial score (nSPS) is 13.1. The molecule has 0 aliphatic rings. The van der Waals surface area contributed by atoms with Crippen molar-refractivity contribution in [1.82, 2.24) is 0 Å². The standard InChI is InChI=1S/C10H9F2NO2S/c1-7(4-5-13)16(14,15)8-2-3-9(11)10(12)6-8/h2-3,6-7H,4H2,1H3. The lowest BCUT2D eigenvalue weighted by atomic mass is 10.3. The van der Waals surface area contributed by atoms with E-state index in [-0.39, 0.29) is 11.3 Å². The summed E-state index contributed by atoms with van der Waals surface area (Å²) in [6, 6.07) is 4.08. The third-order valence-electron chi connectivity index (χ3n) is 2.13. The van der Waals surface area contributed by atoms with E-state index in [9.17, 15) is 17.2 Å². The molecule has 1 aromatic carbocycles. The Hall–Kier alpha value is -1.48. The van der Waals surface area contributed by atoms with Crippen molar-refractivity contribution in [2.24, 2.45) is 0 Å². The van der Waals surface area contributed by atoms with E-state index in [0.29, 0.717) is 6.07 Å². The minimum atomic E-state index is -3.77. The molecule has 0 aromatic heterocycles. The Morgan fingerprint density at radius 1 is 1.38 bits per heavy atom. The fourth-order valence-corrected chi connectivity index (χ4v) is 2.41. The topological polar surface area (TPSA) is 57.9 Å². The van der Waals surface area contributed by atoms with Crippen LogP contribution in [0.25, 0.3) is 0 Å². The van der Waals surface area contributed by atoms with Gasteiger partial charge >= 0.3 is 0 Å². The minimum absolute atomic E-state index is 0.193. The number of hydrogen-bond donors (Lipinski definition) is 0. The molecular weight excluding hydrogens is 236 g/mol. The molecule has 16 heavy (non-hydrogen) atoms. The lowest BCUT2D eigenvalue weighted by Crippen LogP contribution is -2.17. The number of benzene rings is 1. The molecule has 0 radical (unpaired) electrons. The molecule has 1 aromatic rings. The first-order chi connectivity index (χ1) is 7.39. The molecule has 0 spiro atoms. The van der Waals surface area contributed by atoms with Crippen molar-refractivity contribution in [2.75, 3.05) is 0 Å². The first-order valence-electron chi connectivity index (χ1n) is 4.45. The van der Waals surface area contributed by atoms with E-state index in [1.165, 1.54) is 6.92 Å². The fourth-order valence-electron chi connectivity index (χ4n) is 1.12. The fraction of sp³-hybridized carbons (Fsp3) is 0.300. The Balaban J connectivity index is 3.18. The van der Waals surface area contributed by atoms with E-state index in [2.05, 4.69) is 0 Å². The molecule has 0 aliphatic heterocycles. The van der Waals surface area contributed by atoms with Crippen LogP contribution < -0.4 is 0 Å². The molecule has 0 fully saturated rings. The second-order valence-corrected chi connectivity index (χ2v) is 5.66. The van der Waals surface area contributed by atoms with E-state index >= 15 is 0 Å². The second kappa shape index (κ2) is 4.58. The third kappa shape index (κ3) is 2.36. The van der Waals surface area contributed by atoms with Gasteiger partial charge in [0.1, 0.15) is 0 Å². The summed E-state index contributed by atoms with van der Waals surface area (Å²) in [5, 5.41) is 7.45. The summed E-state index contributed by atoms with van der Waals surface area (Å²) in [7, 11) is -3.77. The van der Waals surface area contributed by atoms with Crippen molar-refractivity contribution in [1.29, 1.82) is 5.26 Å². The number of nitrogens with zero attached hydrogens (tertiary/aromatic N) is 1. The van der Waals surface area contributed by atoms with Gasteiger partial charge in [-0.1, -0.05) is 0 Å². The SMILES string of the molecule is CC(CC#N)S(=O)(=O)c1ccc(F)c(F)c1. The molecular formula is C10H9F2NO2S. The maximum Gasteiger partial charge on any atom is 0.182 e. The maximum absolute atomic E-state index is 12.9. The van der Waals surface area contributed by atoms with E-state index < -0.39 is 26.7 Å². The number of sulfone groups is 1. The van der Waals surface area contributed by atoms with Crippen LogP contribution in [0.4, 0.5) is 8.78 Å². The van der Waals surface area contributed by atoms with E-state index in [4.69, 9.17) is 5.26 Å². The summed E-state index contributed by atoms with van der Waals surface area (Å²) < 4.78 is 49.0. The molecule has 0 N–H and O–H groups in total. The predicted octanol–water partition coefficient (Wildman–Crippen LogP) is 2.04. The maximum atomic E-state index is 12.9. The molecule has 0 saturated heterocycles. The third-order valence-corrected chi connectivity index (χ3v) is 4.27. The van der Waals surface area contributed by atoms with Crippen molar-refractivity contribution in [3.63, 3.8) is 0 Å². The molecule has 1 atom stereocenters. The smallest absolute Gasteiger partial charge is 0.182 e. The zero-order valence-corrected chi connectivity index (χ0v) is 9.26. The Morgan fingerprint density at radius 3 is 2.50 bits per heavy atom. The lowest BCUT2D eigenvalue weighted by Gasteiger charge is -2.09. The molecule has 0 heterocycles. The van der Waals surface area contributed by atoms with Crippen LogP contribution in [0.15, 0.2) is 23.1 Å². The molecule has 0 aliphatic carbocycles. The van der Waals surface area contributed by atoms with Crippen molar-refractivity contribution in [3.8, 4) is 6.07 Å². The summed E-state index contributed by atoms with van der Waals surface area (Å²) in [4.78, 5) is -0.311. The molecule has 86 valence electrons. The van der Waals surface area contributed by atoms with Crippen molar-refractivity contribution in [2.45, 2.75) is 23.5 Å². The number of nitriles is 1. The average Bonchev–Trinajstić information content (AvgIpc) is 2.22. The zero-order valence-electron chi connectivity index (χ0n) is 8.44. The summed E-state index contributed by atoms with van der Waals surface area (Å²) in [6.07, 6.45) is -0.193. The van der Waals surface area contributed by atoms with E-state index in [1.807, 2.05) is 0 Å². The van der Waals surface area contributed by atoms with Crippen LogP contribution in [-0.4, -0.2) is 13.7 Å². The highest BCUT2D eigenvalue weighted by Gasteiger charge is 2.24. The summed E-state index contributed by atoms with van der Waals surface area (Å²) in [5.74, 6) is -2.32. The highest BCUT2D eigenvalue weighted by Crippen LogP contribution is 2.20. The average molecular weight is 245 g/mol. The number of hydrogen-bond acceptors (Lipinski definition) is 3. The van der Waals surface area contributed by atoms with Crippen LogP contribution in [0, 0.1) is 23.0 Å². The molecule has 0 saturated carbocycles. The lowest BCUT2D eigenvalue weighted by molar-refractivity contribution is 0.504. The monoisotopic (exact) mass is 245 g/mol. The summed E-state index contributed by atoms with van der Waals surface area (Å²) >= 11 is 0. The van der Waals surface area contributed by atoms with Gasteiger partial charge in [0, 0.05) is 0 Å². The molecule has 0 amide bonds. The highest BCUT2D eigenvalue weighted by molar-refractivity contribution is 7.92. The van der Waals surface area contributed by atoms with Crippen LogP contribution in [0.3, 0.4) is 0 Å². The number of halogens is 2. The Labute approximate surface area is 92.2 Å². The molecule has 6 heteroatoms. The van der Waals surface area contributed by atoms with Crippen LogP contribution in [0.1, 0.15) is 13.3 Å². The van der Waals surface area contributed by atoms with Crippen LogP contribution >= 0.6 is 0 Å². The van der Waals surface area contributed by atoms with Gasteiger partial charge in [0.15, 0.2) is 21.5 Å². The van der Waals surface area contributed by atoms with Gasteiger partial charge in [-0.2, -0.15) is 5.26 Å². The zero-order chi connectivity index (χ0) is 12.3. The van der Waals surface area contributed by atoms with Crippen LogP contribution in [0.5, 0.6) is 0 Å². The Bertz CT molecular complexity index is 534. The Kier molecular flexibility index (Phi) is 3.60.